The Morgan fingerprint density at radius 2 is 1.49 bits per heavy atom. The molecule has 41 heavy (non-hydrogen) atoms. The number of nitrogens with zero attached hydrogens (tertiary/aromatic N) is 2. The second kappa shape index (κ2) is 14.7. The monoisotopic (exact) mass is 617 g/mol. The fourth-order valence-electron chi connectivity index (χ4n) is 4.34. The third-order valence-electron chi connectivity index (χ3n) is 6.76. The van der Waals surface area contributed by atoms with E-state index >= 15 is 0 Å². The number of carbonyl (C=O) groups is 2. The summed E-state index contributed by atoms with van der Waals surface area (Å²) in [6, 6.07) is 17.6. The number of halogens is 2. The van der Waals surface area contributed by atoms with Crippen LogP contribution in [0.1, 0.15) is 49.8 Å². The first kappa shape index (κ1) is 32.4. The highest BCUT2D eigenvalue weighted by molar-refractivity contribution is 7.92. The van der Waals surface area contributed by atoms with Crippen molar-refractivity contribution in [3.8, 4) is 0 Å². The zero-order valence-corrected chi connectivity index (χ0v) is 26.2. The van der Waals surface area contributed by atoms with Crippen LogP contribution in [0.25, 0.3) is 0 Å². The van der Waals surface area contributed by atoms with Gasteiger partial charge in [0.2, 0.25) is 11.8 Å². The molecule has 0 unspecified atom stereocenters. The van der Waals surface area contributed by atoms with Crippen molar-refractivity contribution in [3.63, 3.8) is 0 Å². The van der Waals surface area contributed by atoms with E-state index in [4.69, 9.17) is 23.2 Å². The molecule has 0 fully saturated rings. The predicted molar refractivity (Wildman–Crippen MR) is 166 cm³/mol. The van der Waals surface area contributed by atoms with E-state index in [2.05, 4.69) is 5.32 Å². The SMILES string of the molecule is CCCCNC(=O)[C@@H](CC)N(Cc1ccc(Cl)c(Cl)c1)C(=O)CN(c1ccc(C)cc1)S(=O)(=O)c1ccc(C)cc1. The number of benzene rings is 3. The van der Waals surface area contributed by atoms with Gasteiger partial charge in [0.25, 0.3) is 10.0 Å². The summed E-state index contributed by atoms with van der Waals surface area (Å²) in [5, 5.41) is 3.60. The molecule has 3 aromatic rings. The average molecular weight is 619 g/mol. The van der Waals surface area contributed by atoms with Gasteiger partial charge in [0, 0.05) is 13.1 Å². The van der Waals surface area contributed by atoms with Gasteiger partial charge in [0.05, 0.1) is 20.6 Å². The van der Waals surface area contributed by atoms with Gasteiger partial charge < -0.3 is 10.2 Å². The van der Waals surface area contributed by atoms with Crippen LogP contribution in [0.15, 0.2) is 71.6 Å². The summed E-state index contributed by atoms with van der Waals surface area (Å²) in [7, 11) is -4.12. The Bertz CT molecular complexity index is 1450. The maximum absolute atomic E-state index is 14.1. The van der Waals surface area contributed by atoms with Gasteiger partial charge in [-0.15, -0.1) is 0 Å². The summed E-state index contributed by atoms with van der Waals surface area (Å²) in [5.41, 5.74) is 2.87. The van der Waals surface area contributed by atoms with E-state index in [-0.39, 0.29) is 17.3 Å². The summed E-state index contributed by atoms with van der Waals surface area (Å²) >= 11 is 12.4. The molecule has 0 heterocycles. The van der Waals surface area contributed by atoms with Crippen LogP contribution in [-0.2, 0) is 26.2 Å². The molecule has 3 aromatic carbocycles. The zero-order chi connectivity index (χ0) is 30.2. The molecule has 2 amide bonds. The summed E-state index contributed by atoms with van der Waals surface area (Å²) < 4.78 is 28.9. The van der Waals surface area contributed by atoms with Gasteiger partial charge in [-0.05, 0) is 68.7 Å². The van der Waals surface area contributed by atoms with Crippen LogP contribution >= 0.6 is 23.2 Å². The highest BCUT2D eigenvalue weighted by Crippen LogP contribution is 2.27. The molecule has 1 atom stereocenters. The maximum Gasteiger partial charge on any atom is 0.264 e. The van der Waals surface area contributed by atoms with Gasteiger partial charge in [-0.25, -0.2) is 8.42 Å². The van der Waals surface area contributed by atoms with Crippen LogP contribution in [0.3, 0.4) is 0 Å². The molecule has 0 bridgehead atoms. The second-order valence-corrected chi connectivity index (χ2v) is 12.7. The van der Waals surface area contributed by atoms with E-state index < -0.39 is 28.5 Å². The molecule has 0 aromatic heterocycles. The molecule has 0 radical (unpaired) electrons. The number of nitrogens with one attached hydrogen (secondary N) is 1. The molecule has 10 heteroatoms. The van der Waals surface area contributed by atoms with E-state index in [9.17, 15) is 18.0 Å². The van der Waals surface area contributed by atoms with E-state index in [1.54, 1.807) is 54.6 Å². The summed E-state index contributed by atoms with van der Waals surface area (Å²) in [6.07, 6.45) is 2.05. The largest absolute Gasteiger partial charge is 0.354 e. The first-order valence-corrected chi connectivity index (χ1v) is 15.8. The Balaban J connectivity index is 2.04. The third kappa shape index (κ3) is 8.47. The molecule has 0 aliphatic carbocycles. The Labute approximate surface area is 253 Å². The van der Waals surface area contributed by atoms with Gasteiger partial charge in [-0.1, -0.05) is 84.9 Å². The minimum Gasteiger partial charge on any atom is -0.354 e. The molecular weight excluding hydrogens is 581 g/mol. The highest BCUT2D eigenvalue weighted by Gasteiger charge is 2.33. The van der Waals surface area contributed by atoms with Crippen LogP contribution < -0.4 is 9.62 Å². The van der Waals surface area contributed by atoms with Crippen LogP contribution in [0.5, 0.6) is 0 Å². The number of carbonyl (C=O) groups excluding carboxylic acids is 2. The number of hydrogen-bond acceptors (Lipinski definition) is 4. The minimum absolute atomic E-state index is 0.0434. The van der Waals surface area contributed by atoms with Crippen molar-refractivity contribution in [2.75, 3.05) is 17.4 Å². The van der Waals surface area contributed by atoms with Gasteiger partial charge >= 0.3 is 0 Å². The van der Waals surface area contributed by atoms with Crippen LogP contribution in [0, 0.1) is 13.8 Å². The van der Waals surface area contributed by atoms with Crippen molar-refractivity contribution >= 4 is 50.7 Å². The molecule has 0 saturated carbocycles. The molecule has 0 spiro atoms. The lowest BCUT2D eigenvalue weighted by Gasteiger charge is -2.33. The van der Waals surface area contributed by atoms with E-state index in [0.29, 0.717) is 34.3 Å². The zero-order valence-electron chi connectivity index (χ0n) is 23.9. The lowest BCUT2D eigenvalue weighted by atomic mass is 10.1. The second-order valence-electron chi connectivity index (χ2n) is 10.00. The van der Waals surface area contributed by atoms with Crippen molar-refractivity contribution < 1.29 is 18.0 Å². The van der Waals surface area contributed by atoms with Crippen molar-refractivity contribution in [1.29, 1.82) is 0 Å². The average Bonchev–Trinajstić information content (AvgIpc) is 2.94. The molecule has 220 valence electrons. The quantitative estimate of drug-likeness (QED) is 0.221. The predicted octanol–water partition coefficient (Wildman–Crippen LogP) is 6.53. The highest BCUT2D eigenvalue weighted by atomic mass is 35.5. The molecule has 0 aliphatic rings. The normalized spacial score (nSPS) is 12.0. The Morgan fingerprint density at radius 3 is 2.05 bits per heavy atom. The Morgan fingerprint density at radius 1 is 0.878 bits per heavy atom. The molecule has 3 rings (SSSR count). The first-order chi connectivity index (χ1) is 19.5. The maximum atomic E-state index is 14.1. The summed E-state index contributed by atoms with van der Waals surface area (Å²) in [4.78, 5) is 28.9. The lowest BCUT2D eigenvalue weighted by Crippen LogP contribution is -2.52. The van der Waals surface area contributed by atoms with Crippen LogP contribution in [-0.4, -0.2) is 44.3 Å². The Kier molecular flexibility index (Phi) is 11.6. The van der Waals surface area contributed by atoms with Gasteiger partial charge in [-0.2, -0.15) is 0 Å². The van der Waals surface area contributed by atoms with E-state index in [1.807, 2.05) is 27.7 Å². The van der Waals surface area contributed by atoms with Crippen LogP contribution in [0.4, 0.5) is 5.69 Å². The standard InChI is InChI=1S/C31H37Cl2N3O4S/c1-5-7-18-34-31(38)29(6-2)35(20-24-12-17-27(32)28(33)19-24)30(37)21-36(25-13-8-22(3)9-14-25)41(39,40)26-15-10-23(4)11-16-26/h8-17,19,29H,5-7,18,20-21H2,1-4H3,(H,34,38)/t29-/m1/s1. The summed E-state index contributed by atoms with van der Waals surface area (Å²) in [5.74, 6) is -0.817. The van der Waals surface area contributed by atoms with Crippen molar-refractivity contribution in [2.24, 2.45) is 0 Å². The lowest BCUT2D eigenvalue weighted by molar-refractivity contribution is -0.140. The topological polar surface area (TPSA) is 86.8 Å². The number of anilines is 1. The fraction of sp³-hybridized carbons (Fsp3) is 0.355. The van der Waals surface area contributed by atoms with Gasteiger partial charge in [0.15, 0.2) is 0 Å². The van der Waals surface area contributed by atoms with E-state index in [1.165, 1.54) is 17.0 Å². The van der Waals surface area contributed by atoms with Crippen molar-refractivity contribution in [2.45, 2.75) is 64.4 Å². The minimum atomic E-state index is -4.12. The fourth-order valence-corrected chi connectivity index (χ4v) is 6.07. The number of aryl methyl sites for hydroxylation is 2. The number of rotatable bonds is 13. The van der Waals surface area contributed by atoms with Crippen LogP contribution in [0.2, 0.25) is 10.0 Å². The first-order valence-electron chi connectivity index (χ1n) is 13.6. The van der Waals surface area contributed by atoms with Gasteiger partial charge in [0.1, 0.15) is 12.6 Å². The number of hydrogen-bond donors (Lipinski definition) is 1. The molecule has 0 aliphatic heterocycles. The smallest absolute Gasteiger partial charge is 0.264 e. The summed E-state index contributed by atoms with van der Waals surface area (Å²) in [6.45, 7) is 7.64. The van der Waals surface area contributed by atoms with Gasteiger partial charge in [-0.3, -0.25) is 13.9 Å². The van der Waals surface area contributed by atoms with Crippen molar-refractivity contribution in [1.82, 2.24) is 10.2 Å². The molecule has 0 saturated heterocycles. The third-order valence-corrected chi connectivity index (χ3v) is 9.29. The Hall–Kier alpha value is -3.07. The molecule has 1 N–H and O–H groups in total. The number of sulfonamides is 1. The number of amides is 2. The molecule has 7 nitrogen and oxygen atoms in total. The number of unbranched alkanes of at least 4 members (excludes halogenated alkanes) is 1. The van der Waals surface area contributed by atoms with E-state index in [0.717, 1.165) is 28.3 Å². The molecular formula is C31H37Cl2N3O4S. The van der Waals surface area contributed by atoms with Crippen molar-refractivity contribution in [3.05, 3.63) is 93.5 Å².